The van der Waals surface area contributed by atoms with Gasteiger partial charge in [-0.25, -0.2) is 13.1 Å². The van der Waals surface area contributed by atoms with E-state index in [-0.39, 0.29) is 4.90 Å². The molecule has 2 N–H and O–H groups in total. The van der Waals surface area contributed by atoms with Crippen LogP contribution in [0.5, 0.6) is 0 Å². The van der Waals surface area contributed by atoms with Crippen molar-refractivity contribution in [3.05, 3.63) is 64.1 Å². The molecule has 0 aliphatic rings. The molecule has 0 radical (unpaired) electrons. The molecule has 9 heteroatoms. The average molecular weight is 413 g/mol. The van der Waals surface area contributed by atoms with Crippen molar-refractivity contribution in [2.45, 2.75) is 11.8 Å². The fraction of sp³-hybridized carbons (Fsp3) is 0.0588. The van der Waals surface area contributed by atoms with Crippen molar-refractivity contribution in [1.82, 2.24) is 4.72 Å². The third kappa shape index (κ3) is 5.59. The summed E-state index contributed by atoms with van der Waals surface area (Å²) in [6.07, 6.45) is 2.82. The largest absolute Gasteiger partial charge is 0.323 e. The summed E-state index contributed by atoms with van der Waals surface area (Å²) in [5.74, 6) is -1.11. The van der Waals surface area contributed by atoms with Gasteiger partial charge in [0.15, 0.2) is 0 Å². The summed E-state index contributed by atoms with van der Waals surface area (Å²) in [6, 6.07) is 10.3. The molecule has 0 heterocycles. The molecule has 0 unspecified atom stereocenters. The van der Waals surface area contributed by atoms with Crippen LogP contribution < -0.4 is 10.0 Å². The van der Waals surface area contributed by atoms with Crippen LogP contribution in [-0.4, -0.2) is 20.2 Å². The Morgan fingerprint density at radius 1 is 1.04 bits per heavy atom. The first-order valence-corrected chi connectivity index (χ1v) is 9.49. The Kier molecular flexibility index (Phi) is 6.42. The summed E-state index contributed by atoms with van der Waals surface area (Å²) in [6.45, 7) is 1.10. The number of carbonyl (C=O) groups excluding carboxylic acids is 2. The van der Waals surface area contributed by atoms with Gasteiger partial charge in [0.25, 0.3) is 10.0 Å². The van der Waals surface area contributed by atoms with E-state index in [0.29, 0.717) is 21.3 Å². The Bertz CT molecular complexity index is 971. The Labute approximate surface area is 160 Å². The van der Waals surface area contributed by atoms with Crippen LogP contribution >= 0.6 is 23.2 Å². The van der Waals surface area contributed by atoms with Crippen LogP contribution in [0, 0.1) is 0 Å². The van der Waals surface area contributed by atoms with Crippen molar-refractivity contribution in [2.24, 2.45) is 0 Å². The first kappa shape index (κ1) is 20.0. The van der Waals surface area contributed by atoms with Crippen LogP contribution in [0.25, 0.3) is 6.08 Å². The number of rotatable bonds is 5. The highest BCUT2D eigenvalue weighted by Crippen LogP contribution is 2.22. The van der Waals surface area contributed by atoms with E-state index < -0.39 is 21.8 Å². The Balaban J connectivity index is 2.05. The summed E-state index contributed by atoms with van der Waals surface area (Å²) in [7, 11) is -3.91. The lowest BCUT2D eigenvalue weighted by Crippen LogP contribution is -2.28. The molecule has 26 heavy (non-hydrogen) atoms. The molecule has 0 spiro atoms. The molecule has 0 fully saturated rings. The van der Waals surface area contributed by atoms with Crippen LogP contribution in [0.3, 0.4) is 0 Å². The molecular formula is C17H14Cl2N2O4S. The molecule has 2 rings (SSSR count). The van der Waals surface area contributed by atoms with Crippen molar-refractivity contribution in [2.75, 3.05) is 5.32 Å². The van der Waals surface area contributed by atoms with Gasteiger partial charge in [-0.2, -0.15) is 0 Å². The molecule has 0 atom stereocenters. The van der Waals surface area contributed by atoms with Crippen LogP contribution in [0.1, 0.15) is 12.5 Å². The highest BCUT2D eigenvalue weighted by atomic mass is 35.5. The van der Waals surface area contributed by atoms with Gasteiger partial charge in [-0.3, -0.25) is 9.59 Å². The summed E-state index contributed by atoms with van der Waals surface area (Å²) < 4.78 is 25.5. The molecule has 136 valence electrons. The molecule has 2 aromatic carbocycles. The predicted octanol–water partition coefficient (Wildman–Crippen LogP) is 3.47. The molecule has 0 aromatic heterocycles. The van der Waals surface area contributed by atoms with Crippen molar-refractivity contribution in [1.29, 1.82) is 0 Å². The second-order valence-corrected chi connectivity index (χ2v) is 7.70. The van der Waals surface area contributed by atoms with E-state index in [9.17, 15) is 18.0 Å². The number of amides is 2. The second-order valence-electron chi connectivity index (χ2n) is 5.17. The van der Waals surface area contributed by atoms with E-state index in [1.807, 2.05) is 4.72 Å². The Morgan fingerprint density at radius 2 is 1.69 bits per heavy atom. The van der Waals surface area contributed by atoms with Crippen LogP contribution in [0.2, 0.25) is 10.0 Å². The lowest BCUT2D eigenvalue weighted by molar-refractivity contribution is -0.117. The van der Waals surface area contributed by atoms with Crippen molar-refractivity contribution >= 4 is 56.8 Å². The minimum atomic E-state index is -3.91. The number of nitrogens with one attached hydrogen (secondary N) is 2. The van der Waals surface area contributed by atoms with E-state index >= 15 is 0 Å². The lowest BCUT2D eigenvalue weighted by atomic mass is 10.2. The molecule has 0 aliphatic heterocycles. The first-order valence-electron chi connectivity index (χ1n) is 7.25. The SMILES string of the molecule is CC(=O)NS(=O)(=O)c1ccc(NC(=O)/C=C/c2ccc(Cl)cc2Cl)cc1. The first-order chi connectivity index (χ1) is 12.2. The summed E-state index contributed by atoms with van der Waals surface area (Å²) >= 11 is 11.8. The molecule has 0 saturated heterocycles. The van der Waals surface area contributed by atoms with Gasteiger partial charge < -0.3 is 5.32 Å². The smallest absolute Gasteiger partial charge is 0.264 e. The Morgan fingerprint density at radius 3 is 2.27 bits per heavy atom. The van der Waals surface area contributed by atoms with Crippen molar-refractivity contribution in [3.8, 4) is 0 Å². The van der Waals surface area contributed by atoms with Crippen LogP contribution in [-0.2, 0) is 19.6 Å². The Hall–Kier alpha value is -2.35. The summed E-state index contributed by atoms with van der Waals surface area (Å²) in [5, 5.41) is 3.49. The van der Waals surface area contributed by atoms with E-state index in [1.165, 1.54) is 36.4 Å². The maximum Gasteiger partial charge on any atom is 0.264 e. The van der Waals surface area contributed by atoms with Gasteiger partial charge >= 0.3 is 0 Å². The maximum absolute atomic E-state index is 11.9. The van der Waals surface area contributed by atoms with Crippen LogP contribution in [0.4, 0.5) is 5.69 Å². The zero-order valence-electron chi connectivity index (χ0n) is 13.5. The van der Waals surface area contributed by atoms with Crippen LogP contribution in [0.15, 0.2) is 53.4 Å². The average Bonchev–Trinajstić information content (AvgIpc) is 2.53. The van der Waals surface area contributed by atoms with E-state index in [4.69, 9.17) is 23.2 Å². The molecule has 0 aliphatic carbocycles. The fourth-order valence-corrected chi connectivity index (χ4v) is 3.41. The molecule has 2 aromatic rings. The van der Waals surface area contributed by atoms with Crippen molar-refractivity contribution in [3.63, 3.8) is 0 Å². The zero-order chi connectivity index (χ0) is 19.3. The number of benzene rings is 2. The van der Waals surface area contributed by atoms with Gasteiger partial charge in [0, 0.05) is 28.7 Å². The number of anilines is 1. The normalized spacial score (nSPS) is 11.3. The highest BCUT2D eigenvalue weighted by molar-refractivity contribution is 7.90. The van der Waals surface area contributed by atoms with Gasteiger partial charge in [-0.1, -0.05) is 29.3 Å². The van der Waals surface area contributed by atoms with E-state index in [1.54, 1.807) is 18.2 Å². The van der Waals surface area contributed by atoms with Gasteiger partial charge in [-0.05, 0) is 48.0 Å². The zero-order valence-corrected chi connectivity index (χ0v) is 15.8. The predicted molar refractivity (Wildman–Crippen MR) is 102 cm³/mol. The third-order valence-electron chi connectivity index (χ3n) is 3.09. The minimum absolute atomic E-state index is 0.0887. The summed E-state index contributed by atoms with van der Waals surface area (Å²) in [4.78, 5) is 22.8. The minimum Gasteiger partial charge on any atom is -0.323 e. The van der Waals surface area contributed by atoms with Gasteiger partial charge in [0.2, 0.25) is 11.8 Å². The topological polar surface area (TPSA) is 92.3 Å². The van der Waals surface area contributed by atoms with E-state index in [2.05, 4.69) is 5.32 Å². The van der Waals surface area contributed by atoms with Crippen molar-refractivity contribution < 1.29 is 18.0 Å². The highest BCUT2D eigenvalue weighted by Gasteiger charge is 2.15. The number of hydrogen-bond acceptors (Lipinski definition) is 4. The third-order valence-corrected chi connectivity index (χ3v) is 5.10. The molecule has 6 nitrogen and oxygen atoms in total. The van der Waals surface area contributed by atoms with Gasteiger partial charge in [0.05, 0.1) is 4.90 Å². The molecule has 0 bridgehead atoms. The maximum atomic E-state index is 11.9. The molecule has 0 saturated carbocycles. The second kappa shape index (κ2) is 8.35. The molecular weight excluding hydrogens is 399 g/mol. The summed E-state index contributed by atoms with van der Waals surface area (Å²) in [5.41, 5.74) is 1.02. The fourth-order valence-electron chi connectivity index (χ4n) is 1.95. The van der Waals surface area contributed by atoms with Gasteiger partial charge in [-0.15, -0.1) is 0 Å². The lowest BCUT2D eigenvalue weighted by Gasteiger charge is -2.06. The quantitative estimate of drug-likeness (QED) is 0.735. The van der Waals surface area contributed by atoms with E-state index in [0.717, 1.165) is 6.92 Å². The number of sulfonamides is 1. The number of carbonyl (C=O) groups is 2. The number of hydrogen-bond donors (Lipinski definition) is 2. The standard InChI is InChI=1S/C17H14Cl2N2O4S/c1-11(22)21-26(24,25)15-7-5-14(6-8-15)20-17(23)9-3-12-2-4-13(18)10-16(12)19/h2-10H,1H3,(H,20,23)(H,21,22)/b9-3+. The number of halogens is 2. The van der Waals surface area contributed by atoms with Gasteiger partial charge in [0.1, 0.15) is 0 Å². The monoisotopic (exact) mass is 412 g/mol. The molecule has 2 amide bonds.